The lowest BCUT2D eigenvalue weighted by Gasteiger charge is -2.22. The van der Waals surface area contributed by atoms with E-state index in [1.807, 2.05) is 170 Å². The number of nitrogens with one attached hydrogen (secondary N) is 2. The summed E-state index contributed by atoms with van der Waals surface area (Å²) in [6, 6.07) is 77.2. The van der Waals surface area contributed by atoms with Gasteiger partial charge in [-0.25, -0.2) is 0 Å². The highest BCUT2D eigenvalue weighted by atomic mass is 31.1. The summed E-state index contributed by atoms with van der Waals surface area (Å²) in [5.41, 5.74) is 4.08. The minimum absolute atomic E-state index is 0.200. The minimum Gasteiger partial charge on any atom is -0.496 e. The second kappa shape index (κ2) is 19.9. The molecule has 0 spiro atoms. The van der Waals surface area contributed by atoms with Gasteiger partial charge in [0.25, 0.3) is 11.8 Å². The molecule has 0 saturated carbocycles. The van der Waals surface area contributed by atoms with E-state index in [9.17, 15) is 9.59 Å². The van der Waals surface area contributed by atoms with E-state index in [4.69, 9.17) is 9.47 Å². The van der Waals surface area contributed by atoms with Gasteiger partial charge in [-0.3, -0.25) is 9.59 Å². The summed E-state index contributed by atoms with van der Waals surface area (Å²) in [6.07, 6.45) is 0. The molecule has 0 bridgehead atoms. The topological polar surface area (TPSA) is 76.7 Å². The molecule has 2 amide bonds. The number of ether oxygens (including phenoxy) is 2. The summed E-state index contributed by atoms with van der Waals surface area (Å²) in [4.78, 5) is 29.1. The number of rotatable bonds is 13. The van der Waals surface area contributed by atoms with Crippen LogP contribution in [0.15, 0.2) is 231 Å². The Morgan fingerprint density at radius 1 is 0.368 bits per heavy atom. The van der Waals surface area contributed by atoms with Gasteiger partial charge in [-0.1, -0.05) is 182 Å². The van der Waals surface area contributed by atoms with Crippen molar-refractivity contribution in [2.75, 3.05) is 24.9 Å². The quantitative estimate of drug-likeness (QED) is 0.113. The van der Waals surface area contributed by atoms with Crippen LogP contribution in [-0.2, 0) is 0 Å². The standard InChI is InChI=1S/C60H46N2O4P2/c1-65-53-37-33-41-31-35-43(61-59(63)49-27-15-17-29-55(49)67(45-19-7-3-8-20-45)46-21-9-4-10-22-46)39-51(41)57(53)58-52-40-44(36-32-42(52)34-38-54(58)66-2)62-60(64)50-28-16-18-30-56(50)68(47-23-11-5-12-24-47)48-25-13-6-14-26-48/h3-40H,1-2H3,(H,61,63)(H,62,64). The summed E-state index contributed by atoms with van der Waals surface area (Å²) in [6.45, 7) is 0. The van der Waals surface area contributed by atoms with Gasteiger partial charge in [0, 0.05) is 33.6 Å². The number of amides is 2. The van der Waals surface area contributed by atoms with E-state index in [-0.39, 0.29) is 11.8 Å². The largest absolute Gasteiger partial charge is 0.496 e. The number of carbonyl (C=O) groups is 2. The van der Waals surface area contributed by atoms with E-state index in [1.54, 1.807) is 14.2 Å². The fourth-order valence-corrected chi connectivity index (χ4v) is 13.8. The fourth-order valence-electron chi connectivity index (χ4n) is 8.89. The van der Waals surface area contributed by atoms with E-state index in [0.29, 0.717) is 34.0 Å². The van der Waals surface area contributed by atoms with Crippen LogP contribution < -0.4 is 51.9 Å². The van der Waals surface area contributed by atoms with Crippen LogP contribution in [0.2, 0.25) is 0 Å². The lowest BCUT2D eigenvalue weighted by molar-refractivity contribution is 0.102. The van der Waals surface area contributed by atoms with E-state index < -0.39 is 15.8 Å². The highest BCUT2D eigenvalue weighted by molar-refractivity contribution is 7.80. The molecule has 0 fully saturated rings. The zero-order chi connectivity index (χ0) is 46.4. The fraction of sp³-hybridized carbons (Fsp3) is 0.0333. The van der Waals surface area contributed by atoms with Gasteiger partial charge in [-0.05, 0) is 118 Å². The number of benzene rings is 10. The summed E-state index contributed by atoms with van der Waals surface area (Å²) >= 11 is 0. The molecule has 0 unspecified atom stereocenters. The van der Waals surface area contributed by atoms with Crippen LogP contribution >= 0.6 is 15.8 Å². The molecule has 0 atom stereocenters. The molecule has 0 saturated heterocycles. The monoisotopic (exact) mass is 920 g/mol. The third-order valence-corrected chi connectivity index (χ3v) is 17.0. The van der Waals surface area contributed by atoms with Gasteiger partial charge in [0.2, 0.25) is 0 Å². The maximum atomic E-state index is 14.5. The van der Waals surface area contributed by atoms with Gasteiger partial charge in [0.15, 0.2) is 0 Å². The first-order valence-electron chi connectivity index (χ1n) is 22.3. The van der Waals surface area contributed by atoms with Crippen molar-refractivity contribution in [2.24, 2.45) is 0 Å². The van der Waals surface area contributed by atoms with Crippen molar-refractivity contribution in [1.82, 2.24) is 0 Å². The molecule has 0 aromatic heterocycles. The van der Waals surface area contributed by atoms with Crippen LogP contribution in [0.5, 0.6) is 11.5 Å². The molecule has 10 aromatic carbocycles. The van der Waals surface area contributed by atoms with Crippen molar-refractivity contribution >= 4 is 92.4 Å². The molecule has 10 rings (SSSR count). The summed E-state index contributed by atoms with van der Waals surface area (Å²) < 4.78 is 12.3. The summed E-state index contributed by atoms with van der Waals surface area (Å²) in [5.74, 6) is 0.862. The SMILES string of the molecule is COc1ccc2ccc(NC(=O)c3ccccc3P(c3ccccc3)c3ccccc3)cc2c1-c1c(OC)ccc2ccc(NC(=O)c3ccccc3P(c3ccccc3)c3ccccc3)cc12. The van der Waals surface area contributed by atoms with Crippen molar-refractivity contribution in [2.45, 2.75) is 0 Å². The number of carbonyl (C=O) groups excluding carboxylic acids is 2. The van der Waals surface area contributed by atoms with Crippen LogP contribution in [0.4, 0.5) is 11.4 Å². The van der Waals surface area contributed by atoms with Crippen LogP contribution in [0.1, 0.15) is 20.7 Å². The lowest BCUT2D eigenvalue weighted by atomic mass is 9.91. The average molecular weight is 921 g/mol. The van der Waals surface area contributed by atoms with Gasteiger partial charge >= 0.3 is 0 Å². The Morgan fingerprint density at radius 3 is 1.01 bits per heavy atom. The molecule has 8 heteroatoms. The third-order valence-electron chi connectivity index (χ3n) is 12.0. The molecule has 6 nitrogen and oxygen atoms in total. The van der Waals surface area contributed by atoms with Crippen molar-refractivity contribution < 1.29 is 19.1 Å². The Hall–Kier alpha value is -7.88. The Bertz CT molecular complexity index is 3120. The van der Waals surface area contributed by atoms with Crippen molar-refractivity contribution in [3.63, 3.8) is 0 Å². The summed E-state index contributed by atoms with van der Waals surface area (Å²) in [7, 11) is 1.26. The predicted molar refractivity (Wildman–Crippen MR) is 286 cm³/mol. The van der Waals surface area contributed by atoms with Crippen molar-refractivity contribution in [3.05, 3.63) is 242 Å². The molecule has 0 heterocycles. The Morgan fingerprint density at radius 2 is 0.676 bits per heavy atom. The highest BCUT2D eigenvalue weighted by Gasteiger charge is 2.25. The average Bonchev–Trinajstić information content (AvgIpc) is 3.39. The van der Waals surface area contributed by atoms with Gasteiger partial charge < -0.3 is 20.1 Å². The minimum atomic E-state index is -1.03. The Balaban J connectivity index is 1.03. The molecule has 0 aliphatic rings. The number of anilines is 2. The van der Waals surface area contributed by atoms with Crippen LogP contribution in [-0.4, -0.2) is 26.0 Å². The van der Waals surface area contributed by atoms with Crippen LogP contribution in [0, 0.1) is 0 Å². The number of methoxy groups -OCH3 is 2. The lowest BCUT2D eigenvalue weighted by Crippen LogP contribution is -2.27. The second-order valence-corrected chi connectivity index (χ2v) is 20.5. The maximum Gasteiger partial charge on any atom is 0.256 e. The maximum absolute atomic E-state index is 14.5. The van der Waals surface area contributed by atoms with E-state index in [0.717, 1.165) is 64.5 Å². The molecule has 0 aliphatic carbocycles. The molecule has 2 N–H and O–H groups in total. The van der Waals surface area contributed by atoms with Gasteiger partial charge in [-0.15, -0.1) is 0 Å². The van der Waals surface area contributed by atoms with Crippen LogP contribution in [0.3, 0.4) is 0 Å². The zero-order valence-corrected chi connectivity index (χ0v) is 39.3. The zero-order valence-electron chi connectivity index (χ0n) is 37.5. The molecule has 0 aliphatic heterocycles. The number of fused-ring (bicyclic) bond motifs is 2. The Kier molecular flexibility index (Phi) is 12.9. The molecule has 68 heavy (non-hydrogen) atoms. The first kappa shape index (κ1) is 44.0. The second-order valence-electron chi connectivity index (χ2n) is 16.1. The third kappa shape index (κ3) is 8.88. The van der Waals surface area contributed by atoms with E-state index >= 15 is 0 Å². The molecule has 330 valence electrons. The smallest absolute Gasteiger partial charge is 0.256 e. The van der Waals surface area contributed by atoms with Gasteiger partial charge in [-0.2, -0.15) is 0 Å². The molecule has 0 radical (unpaired) electrons. The summed E-state index contributed by atoms with van der Waals surface area (Å²) in [5, 5.41) is 16.7. The Labute approximate surface area is 398 Å². The van der Waals surface area contributed by atoms with E-state index in [1.165, 1.54) is 0 Å². The van der Waals surface area contributed by atoms with Crippen molar-refractivity contribution in [1.29, 1.82) is 0 Å². The molecular formula is C60H46N2O4P2. The normalized spacial score (nSPS) is 11.2. The van der Waals surface area contributed by atoms with Gasteiger partial charge in [0.1, 0.15) is 11.5 Å². The number of hydrogen-bond donors (Lipinski definition) is 2. The predicted octanol–water partition coefficient (Wildman–Crippen LogP) is 11.7. The van der Waals surface area contributed by atoms with Crippen LogP contribution in [0.25, 0.3) is 32.7 Å². The molecule has 10 aromatic rings. The highest BCUT2D eigenvalue weighted by Crippen LogP contribution is 2.47. The first-order chi connectivity index (χ1) is 33.5. The first-order valence-corrected chi connectivity index (χ1v) is 25.0. The molecular weight excluding hydrogens is 875 g/mol. The van der Waals surface area contributed by atoms with Gasteiger partial charge in [0.05, 0.1) is 14.2 Å². The van der Waals surface area contributed by atoms with E-state index in [2.05, 4.69) is 71.3 Å². The number of hydrogen-bond acceptors (Lipinski definition) is 4. The van der Waals surface area contributed by atoms with Crippen molar-refractivity contribution in [3.8, 4) is 22.6 Å².